The molecule has 4 heteroatoms. The number of ether oxygens (including phenoxy) is 1. The van der Waals surface area contributed by atoms with Crippen molar-refractivity contribution in [2.24, 2.45) is 5.92 Å². The smallest absolute Gasteiger partial charge is 0.123 e. The van der Waals surface area contributed by atoms with Gasteiger partial charge in [0.05, 0.1) is 6.10 Å². The monoisotopic (exact) mass is 267 g/mol. The van der Waals surface area contributed by atoms with Gasteiger partial charge in [-0.15, -0.1) is 0 Å². The molecule has 0 radical (unpaired) electrons. The van der Waals surface area contributed by atoms with Crippen LogP contribution in [0.15, 0.2) is 18.2 Å². The molecule has 1 atom stereocenters. The van der Waals surface area contributed by atoms with Crippen LogP contribution in [0.2, 0.25) is 5.02 Å². The zero-order valence-electron chi connectivity index (χ0n) is 10.2. The third kappa shape index (κ3) is 2.63. The molecule has 1 aromatic rings. The Bertz CT molecular complexity index is 432. The predicted octanol–water partition coefficient (Wildman–Crippen LogP) is 2.00. The highest BCUT2D eigenvalue weighted by atomic mass is 35.5. The van der Waals surface area contributed by atoms with Crippen LogP contribution in [0.1, 0.15) is 18.4 Å². The number of fused-ring (bicyclic) bond motifs is 1. The second-order valence-corrected chi connectivity index (χ2v) is 5.78. The van der Waals surface area contributed by atoms with Gasteiger partial charge in [-0.25, -0.2) is 0 Å². The van der Waals surface area contributed by atoms with E-state index in [-0.39, 0.29) is 12.2 Å². The quantitative estimate of drug-likeness (QED) is 0.877. The molecule has 0 bridgehead atoms. The summed E-state index contributed by atoms with van der Waals surface area (Å²) >= 11 is 5.96. The van der Waals surface area contributed by atoms with Crippen molar-refractivity contribution < 1.29 is 9.84 Å². The third-order valence-electron chi connectivity index (χ3n) is 3.78. The first-order chi connectivity index (χ1) is 8.70. The van der Waals surface area contributed by atoms with E-state index in [0.29, 0.717) is 5.92 Å². The van der Waals surface area contributed by atoms with E-state index in [1.807, 2.05) is 18.2 Å². The second-order valence-electron chi connectivity index (χ2n) is 5.35. The fourth-order valence-electron chi connectivity index (χ4n) is 2.72. The molecule has 0 aromatic heterocycles. The highest BCUT2D eigenvalue weighted by Gasteiger charge is 2.27. The lowest BCUT2D eigenvalue weighted by Crippen LogP contribution is -2.39. The van der Waals surface area contributed by atoms with E-state index in [1.165, 1.54) is 5.56 Å². The van der Waals surface area contributed by atoms with Gasteiger partial charge in [0.2, 0.25) is 0 Å². The average molecular weight is 268 g/mol. The maximum Gasteiger partial charge on any atom is 0.123 e. The van der Waals surface area contributed by atoms with Crippen LogP contribution in [0.5, 0.6) is 5.75 Å². The van der Waals surface area contributed by atoms with Crippen molar-refractivity contribution in [3.8, 4) is 5.75 Å². The molecule has 2 aliphatic rings. The molecule has 1 unspecified atom stereocenters. The fraction of sp³-hybridized carbons (Fsp3) is 0.571. The van der Waals surface area contributed by atoms with E-state index < -0.39 is 0 Å². The van der Waals surface area contributed by atoms with Crippen LogP contribution in [0.3, 0.4) is 0 Å². The van der Waals surface area contributed by atoms with Gasteiger partial charge < -0.3 is 15.2 Å². The van der Waals surface area contributed by atoms with Gasteiger partial charge >= 0.3 is 0 Å². The number of aliphatic hydroxyl groups excluding tert-OH is 1. The van der Waals surface area contributed by atoms with Crippen molar-refractivity contribution in [2.75, 3.05) is 13.1 Å². The van der Waals surface area contributed by atoms with Gasteiger partial charge in [0.25, 0.3) is 0 Å². The van der Waals surface area contributed by atoms with Gasteiger partial charge in [-0.2, -0.15) is 0 Å². The SMILES string of the molecule is OC1CC(CNCC2Cc3cc(Cl)ccc3O2)C1. The molecule has 1 aliphatic carbocycles. The minimum Gasteiger partial charge on any atom is -0.488 e. The number of hydrogen-bond acceptors (Lipinski definition) is 3. The maximum absolute atomic E-state index is 9.21. The molecule has 2 N–H and O–H groups in total. The molecule has 3 nitrogen and oxygen atoms in total. The van der Waals surface area contributed by atoms with E-state index in [2.05, 4.69) is 5.32 Å². The van der Waals surface area contributed by atoms with E-state index >= 15 is 0 Å². The Morgan fingerprint density at radius 2 is 2.17 bits per heavy atom. The lowest BCUT2D eigenvalue weighted by atomic mass is 9.82. The molecule has 0 saturated heterocycles. The van der Waals surface area contributed by atoms with Gasteiger partial charge in [-0.1, -0.05) is 11.6 Å². The van der Waals surface area contributed by atoms with Crippen LogP contribution in [-0.2, 0) is 6.42 Å². The second kappa shape index (κ2) is 5.08. The average Bonchev–Trinajstić information content (AvgIpc) is 2.68. The summed E-state index contributed by atoms with van der Waals surface area (Å²) in [7, 11) is 0. The minimum absolute atomic E-state index is 0.0640. The lowest BCUT2D eigenvalue weighted by molar-refractivity contribution is 0.0421. The summed E-state index contributed by atoms with van der Waals surface area (Å²) in [5, 5.41) is 13.4. The van der Waals surface area contributed by atoms with Crippen LogP contribution in [0.25, 0.3) is 0 Å². The molecule has 3 rings (SSSR count). The largest absolute Gasteiger partial charge is 0.488 e. The van der Waals surface area contributed by atoms with Gasteiger partial charge in [0.15, 0.2) is 0 Å². The zero-order chi connectivity index (χ0) is 12.5. The molecular formula is C14H18ClNO2. The van der Waals surface area contributed by atoms with Crippen LogP contribution in [-0.4, -0.2) is 30.4 Å². The van der Waals surface area contributed by atoms with Crippen LogP contribution >= 0.6 is 11.6 Å². The molecule has 0 amide bonds. The van der Waals surface area contributed by atoms with Gasteiger partial charge in [-0.05, 0) is 49.1 Å². The Kier molecular flexibility index (Phi) is 3.46. The Morgan fingerprint density at radius 3 is 2.94 bits per heavy atom. The third-order valence-corrected chi connectivity index (χ3v) is 4.01. The highest BCUT2D eigenvalue weighted by Crippen LogP contribution is 2.31. The first-order valence-electron chi connectivity index (χ1n) is 6.54. The van der Waals surface area contributed by atoms with Crippen molar-refractivity contribution in [3.05, 3.63) is 28.8 Å². The summed E-state index contributed by atoms with van der Waals surface area (Å²) < 4.78 is 5.85. The molecular weight excluding hydrogens is 250 g/mol. The molecule has 98 valence electrons. The molecule has 18 heavy (non-hydrogen) atoms. The molecule has 1 aliphatic heterocycles. The van der Waals surface area contributed by atoms with Gasteiger partial charge in [0, 0.05) is 18.0 Å². The van der Waals surface area contributed by atoms with Crippen molar-refractivity contribution >= 4 is 11.6 Å². The molecule has 1 heterocycles. The van der Waals surface area contributed by atoms with Crippen LogP contribution in [0, 0.1) is 5.92 Å². The number of nitrogens with one attached hydrogen (secondary N) is 1. The van der Waals surface area contributed by atoms with E-state index in [0.717, 1.165) is 43.1 Å². The lowest BCUT2D eigenvalue weighted by Gasteiger charge is -2.31. The first kappa shape index (κ1) is 12.3. The van der Waals surface area contributed by atoms with Gasteiger partial charge in [0.1, 0.15) is 11.9 Å². The summed E-state index contributed by atoms with van der Waals surface area (Å²) in [5.41, 5.74) is 1.20. The van der Waals surface area contributed by atoms with E-state index in [9.17, 15) is 5.11 Å². The Balaban J connectivity index is 1.43. The summed E-state index contributed by atoms with van der Waals surface area (Å²) in [5.74, 6) is 1.60. The number of halogens is 1. The number of rotatable bonds is 4. The summed E-state index contributed by atoms with van der Waals surface area (Å²) in [4.78, 5) is 0. The maximum atomic E-state index is 9.21. The van der Waals surface area contributed by atoms with Crippen LogP contribution in [0.4, 0.5) is 0 Å². The normalized spacial score (nSPS) is 29.6. The first-order valence-corrected chi connectivity index (χ1v) is 6.92. The summed E-state index contributed by atoms with van der Waals surface area (Å²) in [6.45, 7) is 1.84. The molecule has 1 fully saturated rings. The topological polar surface area (TPSA) is 41.5 Å². The van der Waals surface area contributed by atoms with Crippen molar-refractivity contribution in [1.29, 1.82) is 0 Å². The van der Waals surface area contributed by atoms with E-state index in [1.54, 1.807) is 0 Å². The van der Waals surface area contributed by atoms with Crippen molar-refractivity contribution in [1.82, 2.24) is 5.32 Å². The summed E-state index contributed by atoms with van der Waals surface area (Å²) in [6, 6.07) is 5.80. The summed E-state index contributed by atoms with van der Waals surface area (Å²) in [6.07, 6.45) is 2.95. The predicted molar refractivity (Wildman–Crippen MR) is 71.2 cm³/mol. The number of benzene rings is 1. The molecule has 0 spiro atoms. The van der Waals surface area contributed by atoms with E-state index in [4.69, 9.17) is 16.3 Å². The van der Waals surface area contributed by atoms with Crippen LogP contribution < -0.4 is 10.1 Å². The Hall–Kier alpha value is -0.770. The zero-order valence-corrected chi connectivity index (χ0v) is 11.0. The van der Waals surface area contributed by atoms with Crippen molar-refractivity contribution in [3.63, 3.8) is 0 Å². The van der Waals surface area contributed by atoms with Crippen molar-refractivity contribution in [2.45, 2.75) is 31.5 Å². The Morgan fingerprint density at radius 1 is 1.33 bits per heavy atom. The standard InChI is InChI=1S/C14H18ClNO2/c15-11-1-2-14-10(5-11)6-13(18-14)8-16-7-9-3-12(17)4-9/h1-2,5,9,12-13,16-17H,3-4,6-8H2. The molecule has 1 aromatic carbocycles. The molecule has 1 saturated carbocycles. The number of aliphatic hydroxyl groups is 1. The van der Waals surface area contributed by atoms with Gasteiger partial charge in [-0.3, -0.25) is 0 Å². The number of hydrogen-bond donors (Lipinski definition) is 2. The highest BCUT2D eigenvalue weighted by molar-refractivity contribution is 6.30. The Labute approximate surface area is 112 Å². The minimum atomic E-state index is -0.0640. The fourth-order valence-corrected chi connectivity index (χ4v) is 2.91.